The standard InChI is InChI=1S/C15H17N5S2/c1-11-4-2-6-13(8-11)18-14-19-20-15(22-14)21-7-3-5-12-9-16-17-10-12/h2,4,6,8-10H,3,5,7H2,1H3,(H,16,17)(H,18,19). The maximum Gasteiger partial charge on any atom is 0.210 e. The van der Waals surface area contributed by atoms with E-state index in [2.05, 4.69) is 44.8 Å². The lowest BCUT2D eigenvalue weighted by atomic mass is 10.2. The molecule has 3 rings (SSSR count). The van der Waals surface area contributed by atoms with E-state index in [-0.39, 0.29) is 0 Å². The van der Waals surface area contributed by atoms with Crippen LogP contribution in [0.2, 0.25) is 0 Å². The van der Waals surface area contributed by atoms with Crippen molar-refractivity contribution in [1.29, 1.82) is 0 Å². The molecule has 0 aliphatic rings. The molecule has 0 atom stereocenters. The van der Waals surface area contributed by atoms with E-state index in [4.69, 9.17) is 0 Å². The first-order valence-corrected chi connectivity index (χ1v) is 8.87. The van der Waals surface area contributed by atoms with Gasteiger partial charge >= 0.3 is 0 Å². The molecule has 2 heterocycles. The molecule has 3 aromatic rings. The number of hydrogen-bond donors (Lipinski definition) is 2. The quantitative estimate of drug-likeness (QED) is 0.505. The summed E-state index contributed by atoms with van der Waals surface area (Å²) in [6.45, 7) is 2.08. The van der Waals surface area contributed by atoms with Gasteiger partial charge in [-0.2, -0.15) is 5.10 Å². The Morgan fingerprint density at radius 2 is 2.27 bits per heavy atom. The average molecular weight is 331 g/mol. The van der Waals surface area contributed by atoms with Crippen LogP contribution in [0.5, 0.6) is 0 Å². The Hall–Kier alpha value is -1.86. The summed E-state index contributed by atoms with van der Waals surface area (Å²) in [5.74, 6) is 1.03. The molecule has 114 valence electrons. The summed E-state index contributed by atoms with van der Waals surface area (Å²) in [6.07, 6.45) is 5.96. The first-order valence-electron chi connectivity index (χ1n) is 7.07. The summed E-state index contributed by atoms with van der Waals surface area (Å²) in [7, 11) is 0. The van der Waals surface area contributed by atoms with Crippen molar-refractivity contribution in [2.24, 2.45) is 0 Å². The normalized spacial score (nSPS) is 10.8. The van der Waals surface area contributed by atoms with Crippen molar-refractivity contribution >= 4 is 33.9 Å². The maximum absolute atomic E-state index is 4.22. The molecule has 0 radical (unpaired) electrons. The van der Waals surface area contributed by atoms with Crippen LogP contribution >= 0.6 is 23.1 Å². The number of thioether (sulfide) groups is 1. The fourth-order valence-electron chi connectivity index (χ4n) is 2.02. The smallest absolute Gasteiger partial charge is 0.210 e. The lowest BCUT2D eigenvalue weighted by Gasteiger charge is -2.01. The molecule has 0 saturated carbocycles. The number of anilines is 2. The highest BCUT2D eigenvalue weighted by molar-refractivity contribution is 8.01. The van der Waals surface area contributed by atoms with Gasteiger partial charge in [0.2, 0.25) is 5.13 Å². The summed E-state index contributed by atoms with van der Waals surface area (Å²) in [4.78, 5) is 0. The van der Waals surface area contributed by atoms with Crippen LogP contribution in [-0.2, 0) is 6.42 Å². The third-order valence-corrected chi connectivity index (χ3v) is 5.12. The van der Waals surface area contributed by atoms with Crippen LogP contribution < -0.4 is 5.32 Å². The van der Waals surface area contributed by atoms with Crippen LogP contribution in [0.15, 0.2) is 41.0 Å². The number of aryl methyl sites for hydroxylation is 2. The number of rotatable bonds is 7. The zero-order valence-corrected chi connectivity index (χ0v) is 13.9. The fraction of sp³-hybridized carbons (Fsp3) is 0.267. The van der Waals surface area contributed by atoms with E-state index in [0.717, 1.165) is 33.8 Å². The van der Waals surface area contributed by atoms with Gasteiger partial charge in [0.15, 0.2) is 4.34 Å². The monoisotopic (exact) mass is 331 g/mol. The molecule has 0 aliphatic heterocycles. The first-order chi connectivity index (χ1) is 10.8. The topological polar surface area (TPSA) is 66.5 Å². The lowest BCUT2D eigenvalue weighted by molar-refractivity contribution is 0.930. The van der Waals surface area contributed by atoms with Crippen molar-refractivity contribution in [3.63, 3.8) is 0 Å². The molecule has 5 nitrogen and oxygen atoms in total. The van der Waals surface area contributed by atoms with E-state index < -0.39 is 0 Å². The predicted octanol–water partition coefficient (Wildman–Crippen LogP) is 4.04. The molecule has 2 N–H and O–H groups in total. The van der Waals surface area contributed by atoms with Crippen molar-refractivity contribution in [2.45, 2.75) is 24.1 Å². The summed E-state index contributed by atoms with van der Waals surface area (Å²) in [5.41, 5.74) is 3.52. The average Bonchev–Trinajstić information content (AvgIpc) is 3.15. The van der Waals surface area contributed by atoms with Gasteiger partial charge in [-0.05, 0) is 43.0 Å². The summed E-state index contributed by atoms with van der Waals surface area (Å²) in [5, 5.41) is 19.3. The van der Waals surface area contributed by atoms with Crippen molar-refractivity contribution in [1.82, 2.24) is 20.4 Å². The van der Waals surface area contributed by atoms with Gasteiger partial charge in [0.1, 0.15) is 0 Å². The molecule has 7 heteroatoms. The molecule has 0 saturated heterocycles. The van der Waals surface area contributed by atoms with E-state index >= 15 is 0 Å². The number of hydrogen-bond acceptors (Lipinski definition) is 6. The fourth-order valence-corrected chi connectivity index (χ4v) is 3.80. The number of nitrogens with one attached hydrogen (secondary N) is 2. The molecule has 0 bridgehead atoms. The SMILES string of the molecule is Cc1cccc(Nc2nnc(SCCCc3cn[nH]c3)s2)c1. The van der Waals surface area contributed by atoms with Crippen molar-refractivity contribution < 1.29 is 0 Å². The minimum Gasteiger partial charge on any atom is -0.330 e. The Labute approximate surface area is 137 Å². The molecule has 0 spiro atoms. The van der Waals surface area contributed by atoms with E-state index in [1.807, 2.05) is 24.5 Å². The molecular weight excluding hydrogens is 314 g/mol. The second kappa shape index (κ2) is 7.42. The molecule has 0 fully saturated rings. The van der Waals surface area contributed by atoms with E-state index in [0.29, 0.717) is 0 Å². The second-order valence-electron chi connectivity index (χ2n) is 4.93. The third kappa shape index (κ3) is 4.32. The Bertz CT molecular complexity index is 708. The summed E-state index contributed by atoms with van der Waals surface area (Å²) >= 11 is 3.34. The number of H-pyrrole nitrogens is 1. The molecule has 1 aromatic carbocycles. The van der Waals surface area contributed by atoms with Gasteiger partial charge in [-0.25, -0.2) is 0 Å². The highest BCUT2D eigenvalue weighted by atomic mass is 32.2. The van der Waals surface area contributed by atoms with Gasteiger partial charge < -0.3 is 5.32 Å². The van der Waals surface area contributed by atoms with Crippen LogP contribution in [-0.4, -0.2) is 26.1 Å². The maximum atomic E-state index is 4.22. The number of aromatic nitrogens is 4. The zero-order chi connectivity index (χ0) is 15.2. The molecular formula is C15H17N5S2. The van der Waals surface area contributed by atoms with Gasteiger partial charge in [0, 0.05) is 17.6 Å². The lowest BCUT2D eigenvalue weighted by Crippen LogP contribution is -1.89. The number of nitrogens with zero attached hydrogens (tertiary/aromatic N) is 3. The predicted molar refractivity (Wildman–Crippen MR) is 92.0 cm³/mol. The summed E-state index contributed by atoms with van der Waals surface area (Å²) < 4.78 is 1.00. The van der Waals surface area contributed by atoms with E-state index in [9.17, 15) is 0 Å². The van der Waals surface area contributed by atoms with Crippen LogP contribution in [0, 0.1) is 6.92 Å². The zero-order valence-electron chi connectivity index (χ0n) is 12.2. The number of aromatic amines is 1. The van der Waals surface area contributed by atoms with Gasteiger partial charge in [0.25, 0.3) is 0 Å². The second-order valence-corrected chi connectivity index (χ2v) is 7.25. The Kier molecular flexibility index (Phi) is 5.07. The largest absolute Gasteiger partial charge is 0.330 e. The Balaban J connectivity index is 1.46. The third-order valence-electron chi connectivity index (χ3n) is 3.07. The minimum absolute atomic E-state index is 0.836. The number of benzene rings is 1. The van der Waals surface area contributed by atoms with Gasteiger partial charge in [-0.15, -0.1) is 10.2 Å². The molecule has 0 unspecified atom stereocenters. The van der Waals surface area contributed by atoms with Crippen LogP contribution in [0.3, 0.4) is 0 Å². The van der Waals surface area contributed by atoms with Gasteiger partial charge in [0.05, 0.1) is 6.20 Å². The Morgan fingerprint density at radius 3 is 3.09 bits per heavy atom. The van der Waals surface area contributed by atoms with E-state index in [1.165, 1.54) is 11.1 Å². The molecule has 0 aliphatic carbocycles. The molecule has 0 amide bonds. The van der Waals surface area contributed by atoms with Crippen LogP contribution in [0.25, 0.3) is 0 Å². The summed E-state index contributed by atoms with van der Waals surface area (Å²) in [6, 6.07) is 8.24. The van der Waals surface area contributed by atoms with Gasteiger partial charge in [-0.3, -0.25) is 5.10 Å². The van der Waals surface area contributed by atoms with Crippen molar-refractivity contribution in [3.05, 3.63) is 47.8 Å². The first kappa shape index (κ1) is 15.1. The minimum atomic E-state index is 0.836. The highest BCUT2D eigenvalue weighted by Crippen LogP contribution is 2.28. The van der Waals surface area contributed by atoms with E-state index in [1.54, 1.807) is 23.1 Å². The van der Waals surface area contributed by atoms with Crippen LogP contribution in [0.1, 0.15) is 17.5 Å². The van der Waals surface area contributed by atoms with Crippen LogP contribution in [0.4, 0.5) is 10.8 Å². The Morgan fingerprint density at radius 1 is 1.32 bits per heavy atom. The molecule has 22 heavy (non-hydrogen) atoms. The van der Waals surface area contributed by atoms with Crippen molar-refractivity contribution in [2.75, 3.05) is 11.1 Å². The van der Waals surface area contributed by atoms with Gasteiger partial charge in [-0.1, -0.05) is 35.2 Å². The molecule has 2 aromatic heterocycles. The highest BCUT2D eigenvalue weighted by Gasteiger charge is 2.05. The van der Waals surface area contributed by atoms with Crippen molar-refractivity contribution in [3.8, 4) is 0 Å².